The normalized spacial score (nSPS) is 31.0. The van der Waals surface area contributed by atoms with Crippen LogP contribution in [0.5, 0.6) is 0 Å². The van der Waals surface area contributed by atoms with Gasteiger partial charge < -0.3 is 19.3 Å². The average Bonchev–Trinajstić information content (AvgIpc) is 2.95. The molecule has 5 heteroatoms. The molecule has 3 aliphatic heterocycles. The molecule has 0 aliphatic carbocycles. The van der Waals surface area contributed by atoms with Gasteiger partial charge >= 0.3 is 5.97 Å². The lowest BCUT2D eigenvalue weighted by atomic mass is 9.98. The number of rotatable bonds is 7. The molecule has 27 heavy (non-hydrogen) atoms. The predicted octanol–water partition coefficient (Wildman–Crippen LogP) is -0.344. The number of morpholine rings is 1. The molecular weight excluding hydrogens is 340 g/mol. The Morgan fingerprint density at radius 1 is 1.04 bits per heavy atom. The lowest BCUT2D eigenvalue weighted by molar-refractivity contribution is -0.942. The maximum Gasteiger partial charge on any atom is 0.311 e. The van der Waals surface area contributed by atoms with Gasteiger partial charge in [-0.25, -0.2) is 0 Å². The first-order chi connectivity index (χ1) is 13.3. The Bertz CT molecular complexity index is 589. The Morgan fingerprint density at radius 2 is 1.74 bits per heavy atom. The number of carbonyl (C=O) groups excluding carboxylic acids is 1. The number of hydrogen-bond acceptors (Lipinski definition) is 3. The van der Waals surface area contributed by atoms with E-state index in [0.717, 1.165) is 52.1 Å². The van der Waals surface area contributed by atoms with Crippen LogP contribution in [0.2, 0.25) is 0 Å². The molecule has 2 unspecified atom stereocenters. The van der Waals surface area contributed by atoms with E-state index in [1.807, 2.05) is 0 Å². The molecule has 148 valence electrons. The van der Waals surface area contributed by atoms with Gasteiger partial charge in [-0.05, 0) is 5.56 Å². The number of carbonyl (C=O) groups is 1. The van der Waals surface area contributed by atoms with Crippen LogP contribution in [0.1, 0.15) is 37.7 Å². The second-order valence-corrected chi connectivity index (χ2v) is 8.48. The second kappa shape index (κ2) is 9.18. The van der Waals surface area contributed by atoms with E-state index in [1.165, 1.54) is 29.8 Å². The van der Waals surface area contributed by atoms with Gasteiger partial charge in [-0.15, -0.1) is 0 Å². The van der Waals surface area contributed by atoms with Gasteiger partial charge in [-0.2, -0.15) is 0 Å². The molecule has 1 aromatic carbocycles. The Balaban J connectivity index is 1.20. The zero-order valence-corrected chi connectivity index (χ0v) is 16.3. The Kier molecular flexibility index (Phi) is 6.43. The van der Waals surface area contributed by atoms with Crippen LogP contribution in [-0.4, -0.2) is 63.5 Å². The lowest BCUT2D eigenvalue weighted by Gasteiger charge is -2.35. The molecule has 3 aliphatic rings. The van der Waals surface area contributed by atoms with Crippen molar-refractivity contribution >= 4 is 5.97 Å². The van der Waals surface area contributed by atoms with E-state index in [4.69, 9.17) is 9.47 Å². The summed E-state index contributed by atoms with van der Waals surface area (Å²) in [5.74, 6) is 0.00567. The van der Waals surface area contributed by atoms with E-state index in [1.54, 1.807) is 4.90 Å². The molecule has 2 bridgehead atoms. The van der Waals surface area contributed by atoms with Crippen molar-refractivity contribution in [1.29, 1.82) is 0 Å². The van der Waals surface area contributed by atoms with Crippen molar-refractivity contribution in [3.8, 4) is 0 Å². The van der Waals surface area contributed by atoms with Crippen molar-refractivity contribution in [2.75, 3.05) is 39.4 Å². The summed E-state index contributed by atoms with van der Waals surface area (Å²) < 4.78 is 11.3. The van der Waals surface area contributed by atoms with E-state index in [9.17, 15) is 4.79 Å². The highest BCUT2D eigenvalue weighted by Gasteiger charge is 2.45. The number of nitrogens with one attached hydrogen (secondary N) is 2. The van der Waals surface area contributed by atoms with Crippen LogP contribution in [0.4, 0.5) is 0 Å². The largest absolute Gasteiger partial charge is 0.462 e. The van der Waals surface area contributed by atoms with Gasteiger partial charge in [-0.1, -0.05) is 30.3 Å². The van der Waals surface area contributed by atoms with Crippen LogP contribution in [0.25, 0.3) is 0 Å². The fourth-order valence-electron chi connectivity index (χ4n) is 5.25. The first kappa shape index (κ1) is 18.9. The van der Waals surface area contributed by atoms with E-state index in [0.29, 0.717) is 18.5 Å². The molecule has 0 aromatic heterocycles. The summed E-state index contributed by atoms with van der Waals surface area (Å²) in [6, 6.07) is 12.1. The summed E-state index contributed by atoms with van der Waals surface area (Å²) in [6.07, 6.45) is 6.53. The standard InChI is InChI=1S/C22H32N2O3/c25-22(9-10-23-12-14-26-15-13-23)27-21-16-19-6-7-20(17-21)24(19)11-8-18-4-2-1-3-5-18/h1-5,19-21H,6-17H2/p+2. The van der Waals surface area contributed by atoms with E-state index in [2.05, 4.69) is 30.3 Å². The van der Waals surface area contributed by atoms with Crippen molar-refractivity contribution in [1.82, 2.24) is 0 Å². The molecule has 4 rings (SSSR count). The molecule has 0 spiro atoms. The molecule has 2 atom stereocenters. The maximum absolute atomic E-state index is 12.3. The number of ether oxygens (including phenoxy) is 2. The summed E-state index contributed by atoms with van der Waals surface area (Å²) in [5, 5.41) is 0. The first-order valence-electron chi connectivity index (χ1n) is 10.8. The van der Waals surface area contributed by atoms with Crippen molar-refractivity contribution in [2.45, 2.75) is 56.7 Å². The van der Waals surface area contributed by atoms with Crippen LogP contribution in [0.15, 0.2) is 30.3 Å². The summed E-state index contributed by atoms with van der Waals surface area (Å²) in [4.78, 5) is 15.5. The number of hydrogen-bond donors (Lipinski definition) is 2. The van der Waals surface area contributed by atoms with Gasteiger partial charge in [0.2, 0.25) is 0 Å². The highest BCUT2D eigenvalue weighted by atomic mass is 16.5. The molecule has 0 saturated carbocycles. The van der Waals surface area contributed by atoms with Crippen LogP contribution in [-0.2, 0) is 20.7 Å². The van der Waals surface area contributed by atoms with Gasteiger partial charge in [0.05, 0.1) is 44.8 Å². The van der Waals surface area contributed by atoms with Gasteiger partial charge in [-0.3, -0.25) is 4.79 Å². The minimum atomic E-state index is 0.00567. The third kappa shape index (κ3) is 5.09. The minimum absolute atomic E-state index is 0.00567. The molecule has 3 saturated heterocycles. The fourth-order valence-corrected chi connectivity index (χ4v) is 5.25. The summed E-state index contributed by atoms with van der Waals surface area (Å²) in [5.41, 5.74) is 1.43. The summed E-state index contributed by atoms with van der Waals surface area (Å²) in [6.45, 7) is 5.76. The zero-order chi connectivity index (χ0) is 18.5. The number of quaternary nitrogens is 2. The molecule has 0 amide bonds. The Morgan fingerprint density at radius 3 is 2.44 bits per heavy atom. The van der Waals surface area contributed by atoms with Crippen LogP contribution >= 0.6 is 0 Å². The molecule has 3 heterocycles. The quantitative estimate of drug-likeness (QED) is 0.642. The second-order valence-electron chi connectivity index (χ2n) is 8.48. The van der Waals surface area contributed by atoms with Gasteiger partial charge in [0.25, 0.3) is 0 Å². The van der Waals surface area contributed by atoms with Gasteiger partial charge in [0, 0.05) is 32.1 Å². The highest BCUT2D eigenvalue weighted by molar-refractivity contribution is 5.69. The zero-order valence-electron chi connectivity index (χ0n) is 16.3. The van der Waals surface area contributed by atoms with Gasteiger partial charge in [0.15, 0.2) is 0 Å². The SMILES string of the molecule is O=C(CC[NH+]1CCOCC1)OC1CC2CCC(C1)[NH+]2CCc1ccccc1. The van der Waals surface area contributed by atoms with Crippen LogP contribution in [0, 0.1) is 0 Å². The number of piperidine rings is 1. The monoisotopic (exact) mass is 374 g/mol. The first-order valence-corrected chi connectivity index (χ1v) is 10.8. The molecule has 1 aromatic rings. The predicted molar refractivity (Wildman–Crippen MR) is 103 cm³/mol. The third-order valence-corrected chi connectivity index (χ3v) is 6.73. The molecule has 2 N–H and O–H groups in total. The van der Waals surface area contributed by atoms with Crippen molar-refractivity contribution < 1.29 is 24.1 Å². The number of esters is 1. The average molecular weight is 375 g/mol. The molecular formula is C22H34N2O3+2. The van der Waals surface area contributed by atoms with Crippen molar-refractivity contribution in [3.05, 3.63) is 35.9 Å². The van der Waals surface area contributed by atoms with Crippen molar-refractivity contribution in [3.63, 3.8) is 0 Å². The van der Waals surface area contributed by atoms with E-state index < -0.39 is 0 Å². The molecule has 0 radical (unpaired) electrons. The molecule has 5 nitrogen and oxygen atoms in total. The smallest absolute Gasteiger partial charge is 0.311 e. The lowest BCUT2D eigenvalue weighted by Crippen LogP contribution is -3.18. The Hall–Kier alpha value is -1.43. The third-order valence-electron chi connectivity index (χ3n) is 6.73. The molecule has 3 fully saturated rings. The minimum Gasteiger partial charge on any atom is -0.462 e. The highest BCUT2D eigenvalue weighted by Crippen LogP contribution is 2.25. The van der Waals surface area contributed by atoms with Crippen LogP contribution in [0.3, 0.4) is 0 Å². The topological polar surface area (TPSA) is 44.4 Å². The Labute approximate surface area is 162 Å². The van der Waals surface area contributed by atoms with Crippen molar-refractivity contribution in [2.24, 2.45) is 0 Å². The number of fused-ring (bicyclic) bond motifs is 2. The van der Waals surface area contributed by atoms with E-state index in [-0.39, 0.29) is 12.1 Å². The summed E-state index contributed by atoms with van der Waals surface area (Å²) >= 11 is 0. The number of benzene rings is 1. The summed E-state index contributed by atoms with van der Waals surface area (Å²) in [7, 11) is 0. The van der Waals surface area contributed by atoms with Crippen LogP contribution < -0.4 is 9.80 Å². The van der Waals surface area contributed by atoms with E-state index >= 15 is 0 Å². The van der Waals surface area contributed by atoms with Gasteiger partial charge in [0.1, 0.15) is 19.2 Å². The maximum atomic E-state index is 12.3. The fraction of sp³-hybridized carbons (Fsp3) is 0.682.